The van der Waals surface area contributed by atoms with Crippen LogP contribution in [-0.2, 0) is 4.79 Å². The molecule has 1 unspecified atom stereocenters. The van der Waals surface area contributed by atoms with Crippen LogP contribution < -0.4 is 0 Å². The molecule has 0 aliphatic heterocycles. The second-order valence-corrected chi connectivity index (χ2v) is 2.91. The van der Waals surface area contributed by atoms with Gasteiger partial charge in [-0.3, -0.25) is 4.79 Å². The van der Waals surface area contributed by atoms with Crippen molar-refractivity contribution in [2.45, 2.75) is 19.8 Å². The van der Waals surface area contributed by atoms with Gasteiger partial charge in [-0.2, -0.15) is 0 Å². The molecule has 0 saturated carbocycles. The van der Waals surface area contributed by atoms with Crippen molar-refractivity contribution in [1.82, 2.24) is 0 Å². The van der Waals surface area contributed by atoms with E-state index in [0.717, 1.165) is 36.5 Å². The van der Waals surface area contributed by atoms with Gasteiger partial charge in [0.25, 0.3) is 0 Å². The second-order valence-electron chi connectivity index (χ2n) is 2.91. The zero-order valence-corrected chi connectivity index (χ0v) is 6.58. The minimum Gasteiger partial charge on any atom is -0.515 e. The highest BCUT2D eigenvalue weighted by molar-refractivity contribution is 5.75. The summed E-state index contributed by atoms with van der Waals surface area (Å²) in [7, 11) is 0. The molecule has 1 aliphatic carbocycles. The monoisotopic (exact) mass is 152 g/mol. The average Bonchev–Trinajstić information content (AvgIpc) is 2.05. The summed E-state index contributed by atoms with van der Waals surface area (Å²) in [6.45, 7) is 2.02. The molecule has 0 amide bonds. The molecular weight excluding hydrogens is 140 g/mol. The molecule has 1 atom stereocenters. The first-order valence-electron chi connectivity index (χ1n) is 3.78. The van der Waals surface area contributed by atoms with Crippen molar-refractivity contribution in [3.05, 3.63) is 23.5 Å². The Morgan fingerprint density at radius 1 is 1.73 bits per heavy atom. The number of aldehydes is 1. The van der Waals surface area contributed by atoms with Crippen LogP contribution in [0.5, 0.6) is 0 Å². The van der Waals surface area contributed by atoms with Crippen molar-refractivity contribution in [2.75, 3.05) is 0 Å². The Bertz CT molecular complexity index is 214. The van der Waals surface area contributed by atoms with E-state index < -0.39 is 0 Å². The molecule has 0 heterocycles. The molecule has 0 radical (unpaired) electrons. The van der Waals surface area contributed by atoms with Gasteiger partial charge in [0.1, 0.15) is 6.29 Å². The van der Waals surface area contributed by atoms with Crippen LogP contribution in [0.3, 0.4) is 0 Å². The van der Waals surface area contributed by atoms with Crippen molar-refractivity contribution >= 4 is 6.29 Å². The number of carbonyl (C=O) groups is 1. The molecule has 11 heavy (non-hydrogen) atoms. The Kier molecular flexibility index (Phi) is 2.47. The molecule has 0 aromatic heterocycles. The lowest BCUT2D eigenvalue weighted by Crippen LogP contribution is -2.06. The first kappa shape index (κ1) is 8.05. The van der Waals surface area contributed by atoms with Crippen LogP contribution in [0.2, 0.25) is 0 Å². The fourth-order valence-corrected chi connectivity index (χ4v) is 1.23. The molecule has 1 aliphatic rings. The van der Waals surface area contributed by atoms with E-state index in [-0.39, 0.29) is 0 Å². The number of carbonyl (C=O) groups excluding carboxylic acids is 1. The summed E-state index contributed by atoms with van der Waals surface area (Å²) in [5, 5.41) is 8.67. The van der Waals surface area contributed by atoms with Crippen LogP contribution in [0.1, 0.15) is 19.8 Å². The van der Waals surface area contributed by atoms with E-state index in [2.05, 4.69) is 0 Å². The van der Waals surface area contributed by atoms with Gasteiger partial charge in [0.05, 0.1) is 6.26 Å². The largest absolute Gasteiger partial charge is 0.515 e. The maximum atomic E-state index is 10.5. The SMILES string of the molecule is CC1CCC(=CO)C=C1C=O. The summed E-state index contributed by atoms with van der Waals surface area (Å²) in [6.07, 6.45) is 5.54. The van der Waals surface area contributed by atoms with Gasteiger partial charge in [0.15, 0.2) is 0 Å². The Morgan fingerprint density at radius 3 is 3.00 bits per heavy atom. The first-order valence-corrected chi connectivity index (χ1v) is 3.78. The van der Waals surface area contributed by atoms with Gasteiger partial charge in [0, 0.05) is 0 Å². The molecule has 0 fully saturated rings. The van der Waals surface area contributed by atoms with Crippen LogP contribution in [0.15, 0.2) is 23.5 Å². The number of hydrogen-bond acceptors (Lipinski definition) is 2. The molecule has 0 bridgehead atoms. The van der Waals surface area contributed by atoms with E-state index in [4.69, 9.17) is 5.11 Å². The predicted molar refractivity (Wildman–Crippen MR) is 43.3 cm³/mol. The number of hydrogen-bond donors (Lipinski definition) is 1. The van der Waals surface area contributed by atoms with Gasteiger partial charge >= 0.3 is 0 Å². The van der Waals surface area contributed by atoms with Gasteiger partial charge in [-0.25, -0.2) is 0 Å². The van der Waals surface area contributed by atoms with Crippen molar-refractivity contribution in [2.24, 2.45) is 5.92 Å². The lowest BCUT2D eigenvalue weighted by molar-refractivity contribution is -0.105. The summed E-state index contributed by atoms with van der Waals surface area (Å²) in [6, 6.07) is 0. The number of aliphatic hydroxyl groups is 1. The van der Waals surface area contributed by atoms with Gasteiger partial charge in [-0.1, -0.05) is 6.92 Å². The first-order chi connectivity index (χ1) is 5.27. The zero-order valence-electron chi connectivity index (χ0n) is 6.58. The maximum absolute atomic E-state index is 10.5. The van der Waals surface area contributed by atoms with E-state index in [0.29, 0.717) is 5.92 Å². The third kappa shape index (κ3) is 1.70. The van der Waals surface area contributed by atoms with Crippen LogP contribution in [0.4, 0.5) is 0 Å². The van der Waals surface area contributed by atoms with E-state index in [1.54, 1.807) is 6.08 Å². The molecular formula is C9H12O2. The van der Waals surface area contributed by atoms with Crippen molar-refractivity contribution in [3.63, 3.8) is 0 Å². The lowest BCUT2D eigenvalue weighted by atomic mass is 9.88. The smallest absolute Gasteiger partial charge is 0.146 e. The van der Waals surface area contributed by atoms with Crippen molar-refractivity contribution in [1.29, 1.82) is 0 Å². The van der Waals surface area contributed by atoms with E-state index in [1.807, 2.05) is 6.92 Å². The summed E-state index contributed by atoms with van der Waals surface area (Å²) in [5.74, 6) is 0.344. The van der Waals surface area contributed by atoms with Gasteiger partial charge in [0.2, 0.25) is 0 Å². The summed E-state index contributed by atoms with van der Waals surface area (Å²) >= 11 is 0. The quantitative estimate of drug-likeness (QED) is 0.461. The fourth-order valence-electron chi connectivity index (χ4n) is 1.23. The van der Waals surface area contributed by atoms with Crippen LogP contribution in [0, 0.1) is 5.92 Å². The topological polar surface area (TPSA) is 37.3 Å². The molecule has 2 heteroatoms. The molecule has 0 aromatic carbocycles. The Labute approximate surface area is 66.2 Å². The van der Waals surface area contributed by atoms with Crippen LogP contribution >= 0.6 is 0 Å². The number of allylic oxidation sites excluding steroid dienone is 3. The average molecular weight is 152 g/mol. The summed E-state index contributed by atoms with van der Waals surface area (Å²) in [4.78, 5) is 10.5. The van der Waals surface area contributed by atoms with E-state index in [9.17, 15) is 4.79 Å². The summed E-state index contributed by atoms with van der Waals surface area (Å²) in [5.41, 5.74) is 1.64. The Morgan fingerprint density at radius 2 is 2.45 bits per heavy atom. The lowest BCUT2D eigenvalue weighted by Gasteiger charge is -2.17. The second kappa shape index (κ2) is 3.37. The van der Waals surface area contributed by atoms with Gasteiger partial charge in [-0.05, 0) is 36.0 Å². The third-order valence-corrected chi connectivity index (χ3v) is 2.09. The Hall–Kier alpha value is -1.05. The van der Waals surface area contributed by atoms with E-state index in [1.165, 1.54) is 0 Å². The highest BCUT2D eigenvalue weighted by Crippen LogP contribution is 2.25. The molecule has 0 saturated heterocycles. The predicted octanol–water partition coefficient (Wildman–Crippen LogP) is 1.98. The molecule has 0 spiro atoms. The molecule has 1 N–H and O–H groups in total. The molecule has 1 rings (SSSR count). The molecule has 60 valence electrons. The number of aliphatic hydroxyl groups excluding tert-OH is 1. The minimum absolute atomic E-state index is 0.344. The minimum atomic E-state index is 0.344. The standard InChI is InChI=1S/C9H12O2/c1-7-2-3-8(5-10)4-9(7)6-11/h4-7,10H,2-3H2,1H3. The highest BCUT2D eigenvalue weighted by Gasteiger charge is 2.14. The van der Waals surface area contributed by atoms with Gasteiger partial charge < -0.3 is 5.11 Å². The van der Waals surface area contributed by atoms with E-state index >= 15 is 0 Å². The highest BCUT2D eigenvalue weighted by atomic mass is 16.2. The normalized spacial score (nSPS) is 28.3. The molecule has 0 aromatic rings. The van der Waals surface area contributed by atoms with Crippen molar-refractivity contribution < 1.29 is 9.90 Å². The number of rotatable bonds is 1. The van der Waals surface area contributed by atoms with Crippen LogP contribution in [-0.4, -0.2) is 11.4 Å². The fraction of sp³-hybridized carbons (Fsp3) is 0.444. The van der Waals surface area contributed by atoms with Crippen molar-refractivity contribution in [3.8, 4) is 0 Å². The zero-order chi connectivity index (χ0) is 8.27. The summed E-state index contributed by atoms with van der Waals surface area (Å²) < 4.78 is 0. The third-order valence-electron chi connectivity index (χ3n) is 2.09. The maximum Gasteiger partial charge on any atom is 0.146 e. The van der Waals surface area contributed by atoms with Gasteiger partial charge in [-0.15, -0.1) is 0 Å². The Balaban J connectivity index is 2.85. The molecule has 2 nitrogen and oxygen atoms in total. The van der Waals surface area contributed by atoms with Crippen LogP contribution in [0.25, 0.3) is 0 Å².